The summed E-state index contributed by atoms with van der Waals surface area (Å²) in [6.45, 7) is 3.79. The molecular weight excluding hydrogens is 413 g/mol. The molecule has 0 aliphatic carbocycles. The van der Waals surface area contributed by atoms with E-state index in [2.05, 4.69) is 0 Å². The summed E-state index contributed by atoms with van der Waals surface area (Å²) in [7, 11) is 0. The highest BCUT2D eigenvalue weighted by molar-refractivity contribution is 5.84. The van der Waals surface area contributed by atoms with E-state index in [0.29, 0.717) is 27.8 Å². The van der Waals surface area contributed by atoms with Crippen molar-refractivity contribution in [2.45, 2.75) is 44.8 Å². The molecule has 3 rings (SSSR count). The molecule has 0 aliphatic rings. The summed E-state index contributed by atoms with van der Waals surface area (Å²) in [5.74, 6) is -1.69. The fourth-order valence-electron chi connectivity index (χ4n) is 3.81. The fraction of sp³-hybridized carbons (Fsp3) is 0.280. The second kappa shape index (κ2) is 9.89. The first kappa shape index (κ1) is 23.4. The monoisotopic (exact) mass is 439 g/mol. The summed E-state index contributed by atoms with van der Waals surface area (Å²) >= 11 is 0. The molecule has 3 N–H and O–H groups in total. The number of para-hydroxylation sites is 1. The number of aliphatic hydroxyl groups is 2. The Hall–Kier alpha value is -3.29. The molecule has 0 aliphatic heterocycles. The Morgan fingerprint density at radius 3 is 2.38 bits per heavy atom. The van der Waals surface area contributed by atoms with Gasteiger partial charge < -0.3 is 19.9 Å². The molecule has 0 saturated carbocycles. The molecule has 0 bridgehead atoms. The van der Waals surface area contributed by atoms with Crippen molar-refractivity contribution in [3.05, 3.63) is 81.9 Å². The highest BCUT2D eigenvalue weighted by atomic mass is 19.1. The minimum Gasteiger partial charge on any atom is -0.481 e. The quantitative estimate of drug-likeness (QED) is 0.495. The molecule has 0 fully saturated rings. The molecule has 2 atom stereocenters. The second-order valence-corrected chi connectivity index (χ2v) is 8.03. The van der Waals surface area contributed by atoms with E-state index in [0.717, 1.165) is 0 Å². The van der Waals surface area contributed by atoms with Gasteiger partial charge in [0.25, 0.3) is 0 Å². The summed E-state index contributed by atoms with van der Waals surface area (Å²) in [5, 5.41) is 29.4. The Labute approximate surface area is 184 Å². The van der Waals surface area contributed by atoms with Gasteiger partial charge in [-0.3, -0.25) is 9.59 Å². The molecule has 1 aromatic heterocycles. The molecule has 0 saturated heterocycles. The highest BCUT2D eigenvalue weighted by Crippen LogP contribution is 2.27. The second-order valence-electron chi connectivity index (χ2n) is 8.03. The maximum Gasteiger partial charge on any atom is 0.305 e. The molecule has 7 heteroatoms. The third kappa shape index (κ3) is 5.12. The number of fused-ring (bicyclic) bond motifs is 1. The molecule has 0 radical (unpaired) electrons. The van der Waals surface area contributed by atoms with Gasteiger partial charge in [-0.2, -0.15) is 0 Å². The number of aliphatic carboxylic acids is 1. The Kier molecular flexibility index (Phi) is 7.22. The van der Waals surface area contributed by atoms with Crippen molar-refractivity contribution in [3.8, 4) is 5.69 Å². The Balaban J connectivity index is 2.20. The number of aliphatic hydroxyl groups excluding tert-OH is 2. The lowest BCUT2D eigenvalue weighted by Crippen LogP contribution is -2.21. The van der Waals surface area contributed by atoms with Crippen LogP contribution in [0.15, 0.2) is 59.4 Å². The summed E-state index contributed by atoms with van der Waals surface area (Å²) in [6, 6.07) is 13.0. The molecular formula is C25H26FNO5. The number of hydrogen-bond donors (Lipinski definition) is 3. The van der Waals surface area contributed by atoms with Crippen molar-refractivity contribution in [2.24, 2.45) is 0 Å². The highest BCUT2D eigenvalue weighted by Gasteiger charge is 2.19. The first-order valence-corrected chi connectivity index (χ1v) is 10.4. The first-order valence-electron chi connectivity index (χ1n) is 10.4. The lowest BCUT2D eigenvalue weighted by molar-refractivity contribution is -0.139. The zero-order chi connectivity index (χ0) is 23.4. The van der Waals surface area contributed by atoms with E-state index < -0.39 is 24.6 Å². The van der Waals surface area contributed by atoms with Gasteiger partial charge in [0.05, 0.1) is 29.8 Å². The number of aromatic nitrogens is 1. The molecule has 1 heterocycles. The molecule has 6 nitrogen and oxygen atoms in total. The third-order valence-electron chi connectivity index (χ3n) is 5.21. The summed E-state index contributed by atoms with van der Waals surface area (Å²) in [6.07, 6.45) is 0.0813. The number of carboxylic acid groups (broad SMARTS) is 1. The van der Waals surface area contributed by atoms with Crippen LogP contribution in [0.3, 0.4) is 0 Å². The van der Waals surface area contributed by atoms with Gasteiger partial charge in [-0.15, -0.1) is 0 Å². The van der Waals surface area contributed by atoms with Gasteiger partial charge in [-0.05, 0) is 48.4 Å². The van der Waals surface area contributed by atoms with Crippen molar-refractivity contribution in [1.82, 2.24) is 4.57 Å². The van der Waals surface area contributed by atoms with E-state index in [9.17, 15) is 24.2 Å². The van der Waals surface area contributed by atoms with Gasteiger partial charge in [0.2, 0.25) is 0 Å². The molecule has 0 spiro atoms. The number of carbonyl (C=O) groups is 1. The zero-order valence-electron chi connectivity index (χ0n) is 17.9. The van der Waals surface area contributed by atoms with Gasteiger partial charge in [0, 0.05) is 23.1 Å². The first-order chi connectivity index (χ1) is 15.2. The van der Waals surface area contributed by atoms with Crippen molar-refractivity contribution in [2.75, 3.05) is 0 Å². The van der Waals surface area contributed by atoms with Crippen LogP contribution in [0.2, 0.25) is 0 Å². The van der Waals surface area contributed by atoms with Crippen LogP contribution < -0.4 is 5.43 Å². The predicted octanol–water partition coefficient (Wildman–Crippen LogP) is 3.85. The fourth-order valence-corrected chi connectivity index (χ4v) is 3.81. The van der Waals surface area contributed by atoms with E-state index in [1.165, 1.54) is 18.2 Å². The largest absolute Gasteiger partial charge is 0.481 e. The normalized spacial score (nSPS) is 13.7. The molecule has 1 unspecified atom stereocenters. The number of halogens is 1. The van der Waals surface area contributed by atoms with Gasteiger partial charge >= 0.3 is 5.97 Å². The van der Waals surface area contributed by atoms with E-state index >= 15 is 0 Å². The minimum absolute atomic E-state index is 0.131. The van der Waals surface area contributed by atoms with Gasteiger partial charge in [-0.25, -0.2) is 4.39 Å². The van der Waals surface area contributed by atoms with Gasteiger partial charge in [0.15, 0.2) is 5.43 Å². The van der Waals surface area contributed by atoms with E-state index in [1.807, 2.05) is 18.4 Å². The number of carboxylic acids is 1. The maximum atomic E-state index is 13.6. The molecule has 3 aromatic rings. The molecule has 168 valence electrons. The number of pyridine rings is 1. The van der Waals surface area contributed by atoms with Crippen LogP contribution in [-0.4, -0.2) is 38.1 Å². The summed E-state index contributed by atoms with van der Waals surface area (Å²) in [4.78, 5) is 24.1. The topological polar surface area (TPSA) is 99.8 Å². The number of benzene rings is 2. The van der Waals surface area contributed by atoms with Gasteiger partial charge in [0.1, 0.15) is 5.82 Å². The average molecular weight is 439 g/mol. The van der Waals surface area contributed by atoms with Crippen molar-refractivity contribution in [3.63, 3.8) is 0 Å². The Morgan fingerprint density at radius 1 is 1.09 bits per heavy atom. The van der Waals surface area contributed by atoms with E-state index in [-0.39, 0.29) is 23.6 Å². The van der Waals surface area contributed by atoms with E-state index in [4.69, 9.17) is 5.11 Å². The smallest absolute Gasteiger partial charge is 0.305 e. The summed E-state index contributed by atoms with van der Waals surface area (Å²) in [5.41, 5.74) is 2.21. The predicted molar refractivity (Wildman–Crippen MR) is 122 cm³/mol. The Morgan fingerprint density at radius 2 is 1.75 bits per heavy atom. The summed E-state index contributed by atoms with van der Waals surface area (Å²) < 4.78 is 15.4. The van der Waals surface area contributed by atoms with Crippen molar-refractivity contribution in [1.29, 1.82) is 0 Å². The van der Waals surface area contributed by atoms with Crippen molar-refractivity contribution < 1.29 is 24.5 Å². The SMILES string of the molecule is CC(C)c1c(/C=C/[C@@H](O)CC(O)CC(=O)O)n(-c2ccc(F)cc2)c2ccccc2c1=O. The average Bonchev–Trinajstić information content (AvgIpc) is 2.72. The van der Waals surface area contributed by atoms with Crippen LogP contribution in [0, 0.1) is 5.82 Å². The molecule has 32 heavy (non-hydrogen) atoms. The number of rotatable bonds is 8. The van der Waals surface area contributed by atoms with Crippen LogP contribution >= 0.6 is 0 Å². The third-order valence-corrected chi connectivity index (χ3v) is 5.21. The lowest BCUT2D eigenvalue weighted by Gasteiger charge is -2.21. The van der Waals surface area contributed by atoms with Crippen LogP contribution in [0.1, 0.15) is 43.9 Å². The van der Waals surface area contributed by atoms with Crippen molar-refractivity contribution >= 4 is 22.9 Å². The maximum absolute atomic E-state index is 13.6. The van der Waals surface area contributed by atoms with Crippen LogP contribution in [0.5, 0.6) is 0 Å². The van der Waals surface area contributed by atoms with Crippen LogP contribution in [-0.2, 0) is 4.79 Å². The minimum atomic E-state index is -1.20. The van der Waals surface area contributed by atoms with E-state index in [1.54, 1.807) is 42.5 Å². The number of nitrogens with zero attached hydrogens (tertiary/aromatic N) is 1. The molecule has 2 aromatic carbocycles. The lowest BCUT2D eigenvalue weighted by atomic mass is 9.96. The standard InChI is InChI=1S/C25H26FNO5/c1-15(2)24-22(12-11-18(28)13-19(29)14-23(30)31)27(17-9-7-16(26)8-10-17)21-6-4-3-5-20(21)25(24)32/h3-12,15,18-19,28-29H,13-14H2,1-2H3,(H,30,31)/b12-11+/t18-,19?/m1/s1. The zero-order valence-corrected chi connectivity index (χ0v) is 17.9. The van der Waals surface area contributed by atoms with Gasteiger partial charge in [-0.1, -0.05) is 32.1 Å². The van der Waals surface area contributed by atoms with Crippen LogP contribution in [0.25, 0.3) is 22.7 Å². The molecule has 0 amide bonds. The Bertz CT molecular complexity index is 1200. The van der Waals surface area contributed by atoms with Crippen LogP contribution in [0.4, 0.5) is 4.39 Å². The number of hydrogen-bond acceptors (Lipinski definition) is 4.